The molecule has 1 aliphatic rings. The predicted molar refractivity (Wildman–Crippen MR) is 92.8 cm³/mol. The largest absolute Gasteiger partial charge is 0.495 e. The number of carbonyl (C=O) groups excluding carboxylic acids is 1. The zero-order chi connectivity index (χ0) is 18.0. The number of nitrogens with one attached hydrogen (secondary N) is 1. The van der Waals surface area contributed by atoms with Crippen molar-refractivity contribution in [3.05, 3.63) is 23.8 Å². The van der Waals surface area contributed by atoms with Crippen LogP contribution in [0.25, 0.3) is 0 Å². The highest BCUT2D eigenvalue weighted by Crippen LogP contribution is 2.33. The minimum absolute atomic E-state index is 0.0198. The van der Waals surface area contributed by atoms with E-state index in [1.807, 2.05) is 4.90 Å². The maximum Gasteiger partial charge on any atom is 0.253 e. The first-order valence-electron chi connectivity index (χ1n) is 8.17. The Bertz CT molecular complexity index is 717. The molecule has 6 nitrogen and oxygen atoms in total. The van der Waals surface area contributed by atoms with Crippen LogP contribution in [0.1, 0.15) is 43.5 Å². The maximum atomic E-state index is 12.8. The van der Waals surface area contributed by atoms with Gasteiger partial charge in [-0.2, -0.15) is 0 Å². The van der Waals surface area contributed by atoms with Gasteiger partial charge in [-0.25, -0.2) is 13.1 Å². The molecule has 0 unspecified atom stereocenters. The molecule has 0 aliphatic carbocycles. The van der Waals surface area contributed by atoms with Crippen LogP contribution in [0.4, 0.5) is 0 Å². The van der Waals surface area contributed by atoms with Crippen LogP contribution in [0, 0.1) is 5.41 Å². The van der Waals surface area contributed by atoms with Gasteiger partial charge in [-0.15, -0.1) is 0 Å². The van der Waals surface area contributed by atoms with Crippen molar-refractivity contribution in [1.29, 1.82) is 0 Å². The van der Waals surface area contributed by atoms with E-state index in [4.69, 9.17) is 4.74 Å². The zero-order valence-corrected chi connectivity index (χ0v) is 15.6. The molecule has 134 valence electrons. The van der Waals surface area contributed by atoms with E-state index in [0.717, 1.165) is 19.3 Å². The average Bonchev–Trinajstić information content (AvgIpc) is 2.60. The summed E-state index contributed by atoms with van der Waals surface area (Å²) in [5, 5.41) is 0. The van der Waals surface area contributed by atoms with Gasteiger partial charge in [-0.05, 0) is 49.9 Å². The molecule has 1 heterocycles. The fourth-order valence-electron chi connectivity index (χ4n) is 3.09. The van der Waals surface area contributed by atoms with Gasteiger partial charge in [-0.1, -0.05) is 13.8 Å². The van der Waals surface area contributed by atoms with Crippen molar-refractivity contribution in [3.63, 3.8) is 0 Å². The summed E-state index contributed by atoms with van der Waals surface area (Å²) in [5.74, 6) is 0.0857. The molecule has 1 N–H and O–H groups in total. The van der Waals surface area contributed by atoms with Gasteiger partial charge < -0.3 is 9.64 Å². The number of piperidine rings is 1. The quantitative estimate of drug-likeness (QED) is 0.880. The second-order valence-electron chi connectivity index (χ2n) is 6.57. The van der Waals surface area contributed by atoms with Crippen molar-refractivity contribution in [2.24, 2.45) is 5.41 Å². The Morgan fingerprint density at radius 2 is 2.12 bits per heavy atom. The number of hydrogen-bond acceptors (Lipinski definition) is 4. The minimum Gasteiger partial charge on any atom is -0.495 e. The van der Waals surface area contributed by atoms with E-state index >= 15 is 0 Å². The molecule has 0 spiro atoms. The van der Waals surface area contributed by atoms with Crippen molar-refractivity contribution >= 4 is 15.9 Å². The lowest BCUT2D eigenvalue weighted by Gasteiger charge is -2.40. The van der Waals surface area contributed by atoms with Crippen LogP contribution in [0.2, 0.25) is 0 Å². The second-order valence-corrected chi connectivity index (χ2v) is 8.42. The Balaban J connectivity index is 2.35. The van der Waals surface area contributed by atoms with E-state index in [1.165, 1.54) is 26.3 Å². The Morgan fingerprint density at radius 1 is 1.42 bits per heavy atom. The fourth-order valence-corrected chi connectivity index (χ4v) is 4.01. The summed E-state index contributed by atoms with van der Waals surface area (Å²) in [6, 6.07) is 4.54. The SMILES string of the molecule is CC[C@@]1(C)CCCN(C(=O)c2ccc(OC)c(S(=O)(=O)NC)c2)C1. The molecule has 1 aromatic rings. The molecule has 0 bridgehead atoms. The summed E-state index contributed by atoms with van der Waals surface area (Å²) in [5.41, 5.74) is 0.491. The van der Waals surface area contributed by atoms with Crippen molar-refractivity contribution < 1.29 is 17.9 Å². The number of carbonyl (C=O) groups is 1. The molecule has 7 heteroatoms. The van der Waals surface area contributed by atoms with Crippen molar-refractivity contribution in [2.45, 2.75) is 38.0 Å². The third-order valence-electron chi connectivity index (χ3n) is 4.89. The lowest BCUT2D eigenvalue weighted by molar-refractivity contribution is 0.0542. The minimum atomic E-state index is -3.70. The number of benzene rings is 1. The number of methoxy groups -OCH3 is 1. The Labute approximate surface area is 144 Å². The molecular weight excluding hydrogens is 328 g/mol. The third kappa shape index (κ3) is 3.72. The van der Waals surface area contributed by atoms with Crippen LogP contribution in [0.3, 0.4) is 0 Å². The topological polar surface area (TPSA) is 75.7 Å². The van der Waals surface area contributed by atoms with Crippen LogP contribution in [-0.2, 0) is 10.0 Å². The van der Waals surface area contributed by atoms with Crippen molar-refractivity contribution in [3.8, 4) is 5.75 Å². The third-order valence-corrected chi connectivity index (χ3v) is 6.33. The summed E-state index contributed by atoms with van der Waals surface area (Å²) in [6.45, 7) is 5.73. The molecule has 1 aromatic carbocycles. The molecule has 0 radical (unpaired) electrons. The maximum absolute atomic E-state index is 12.8. The van der Waals surface area contributed by atoms with E-state index in [1.54, 1.807) is 6.07 Å². The molecule has 1 aliphatic heterocycles. The lowest BCUT2D eigenvalue weighted by Crippen LogP contribution is -2.44. The summed E-state index contributed by atoms with van der Waals surface area (Å²) in [6.07, 6.45) is 3.09. The highest BCUT2D eigenvalue weighted by atomic mass is 32.2. The summed E-state index contributed by atoms with van der Waals surface area (Å²) < 4.78 is 31.7. The number of likely N-dealkylation sites (tertiary alicyclic amines) is 1. The van der Waals surface area contributed by atoms with Gasteiger partial charge >= 0.3 is 0 Å². The van der Waals surface area contributed by atoms with E-state index in [2.05, 4.69) is 18.6 Å². The molecule has 0 saturated carbocycles. The monoisotopic (exact) mass is 354 g/mol. The van der Waals surface area contributed by atoms with E-state index in [0.29, 0.717) is 18.7 Å². The Kier molecular flexibility index (Phi) is 5.55. The number of rotatable bonds is 5. The number of amides is 1. The molecule has 1 saturated heterocycles. The number of sulfonamides is 1. The predicted octanol–water partition coefficient (Wildman–Crippen LogP) is 2.26. The lowest BCUT2D eigenvalue weighted by atomic mass is 9.79. The van der Waals surface area contributed by atoms with Crippen molar-refractivity contribution in [1.82, 2.24) is 9.62 Å². The van der Waals surface area contributed by atoms with Gasteiger partial charge in [-0.3, -0.25) is 4.79 Å². The van der Waals surface area contributed by atoms with Crippen molar-refractivity contribution in [2.75, 3.05) is 27.2 Å². The highest BCUT2D eigenvalue weighted by Gasteiger charge is 2.32. The molecule has 24 heavy (non-hydrogen) atoms. The van der Waals surface area contributed by atoms with Crippen LogP contribution in [0.15, 0.2) is 23.1 Å². The number of hydrogen-bond donors (Lipinski definition) is 1. The molecular formula is C17H26N2O4S. The average molecular weight is 354 g/mol. The first kappa shape index (κ1) is 18.7. The molecule has 1 fully saturated rings. The highest BCUT2D eigenvalue weighted by molar-refractivity contribution is 7.89. The summed E-state index contributed by atoms with van der Waals surface area (Å²) in [7, 11) is -0.961. The number of ether oxygens (including phenoxy) is 1. The van der Waals surface area contributed by atoms with Crippen LogP contribution < -0.4 is 9.46 Å². The van der Waals surface area contributed by atoms with E-state index in [-0.39, 0.29) is 22.0 Å². The standard InChI is InChI=1S/C17H26N2O4S/c1-5-17(2)9-6-10-19(12-17)16(20)13-7-8-14(23-4)15(11-13)24(21,22)18-3/h7-8,11,18H,5-6,9-10,12H2,1-4H3/t17-/m0/s1. The normalized spacial score (nSPS) is 21.6. The first-order chi connectivity index (χ1) is 11.3. The Morgan fingerprint density at radius 3 is 2.71 bits per heavy atom. The second kappa shape index (κ2) is 7.11. The van der Waals surface area contributed by atoms with Crippen LogP contribution in [0.5, 0.6) is 5.75 Å². The fraction of sp³-hybridized carbons (Fsp3) is 0.588. The summed E-state index contributed by atoms with van der Waals surface area (Å²) >= 11 is 0. The van der Waals surface area contributed by atoms with Crippen LogP contribution >= 0.6 is 0 Å². The smallest absolute Gasteiger partial charge is 0.253 e. The van der Waals surface area contributed by atoms with Gasteiger partial charge in [0, 0.05) is 18.7 Å². The van der Waals surface area contributed by atoms with Gasteiger partial charge in [0.05, 0.1) is 7.11 Å². The van der Waals surface area contributed by atoms with Gasteiger partial charge in [0.25, 0.3) is 5.91 Å². The van der Waals surface area contributed by atoms with E-state index < -0.39 is 10.0 Å². The first-order valence-corrected chi connectivity index (χ1v) is 9.65. The van der Waals surface area contributed by atoms with Crippen LogP contribution in [-0.4, -0.2) is 46.5 Å². The molecule has 0 aromatic heterocycles. The Hall–Kier alpha value is -1.60. The van der Waals surface area contributed by atoms with Gasteiger partial charge in [0.1, 0.15) is 10.6 Å². The molecule has 1 amide bonds. The zero-order valence-electron chi connectivity index (χ0n) is 14.8. The van der Waals surface area contributed by atoms with Gasteiger partial charge in [0.2, 0.25) is 10.0 Å². The van der Waals surface area contributed by atoms with E-state index in [9.17, 15) is 13.2 Å². The molecule has 1 atom stereocenters. The molecule has 2 rings (SSSR count). The van der Waals surface area contributed by atoms with Gasteiger partial charge in [0.15, 0.2) is 0 Å². The number of nitrogens with zero attached hydrogens (tertiary/aromatic N) is 1. The summed E-state index contributed by atoms with van der Waals surface area (Å²) in [4.78, 5) is 14.6.